The maximum Gasteiger partial charge on any atom is 0.253 e. The molecule has 2 amide bonds. The number of likely N-dealkylation sites (tertiary alicyclic amines) is 1. The summed E-state index contributed by atoms with van der Waals surface area (Å²) < 4.78 is 0.916. The lowest BCUT2D eigenvalue weighted by Crippen LogP contribution is -2.41. The van der Waals surface area contributed by atoms with E-state index in [1.54, 1.807) is 12.1 Å². The van der Waals surface area contributed by atoms with Gasteiger partial charge in [-0.05, 0) is 90.3 Å². The van der Waals surface area contributed by atoms with E-state index in [9.17, 15) is 9.59 Å². The van der Waals surface area contributed by atoms with Crippen molar-refractivity contribution in [3.05, 3.63) is 62.2 Å². The number of nitrogens with zero attached hydrogens (tertiary/aromatic N) is 1. The minimum atomic E-state index is -0.336. The zero-order valence-corrected chi connectivity index (χ0v) is 19.6. The number of nitrogen functional groups attached to an aromatic ring is 1. The predicted molar refractivity (Wildman–Crippen MR) is 128 cm³/mol. The molecule has 1 saturated heterocycles. The third-order valence-electron chi connectivity index (χ3n) is 5.28. The van der Waals surface area contributed by atoms with Crippen LogP contribution in [0.15, 0.2) is 42.5 Å². The van der Waals surface area contributed by atoms with Gasteiger partial charge in [0.25, 0.3) is 5.91 Å². The van der Waals surface area contributed by atoms with Crippen LogP contribution in [-0.4, -0.2) is 42.9 Å². The van der Waals surface area contributed by atoms with Crippen LogP contribution in [0.4, 0.5) is 5.69 Å². The van der Waals surface area contributed by atoms with Crippen molar-refractivity contribution in [1.82, 2.24) is 15.5 Å². The second-order valence-corrected chi connectivity index (χ2v) is 9.25. The SMILES string of the molecule is Nc1ccc(I)cc1C(=O)NCC(=O)NCC1CCN(Cc2ccc(Cl)cc2)CC1. The molecule has 0 aromatic heterocycles. The minimum absolute atomic E-state index is 0.0564. The molecule has 2 aromatic carbocycles. The van der Waals surface area contributed by atoms with E-state index < -0.39 is 0 Å². The fourth-order valence-electron chi connectivity index (χ4n) is 3.50. The number of carbonyl (C=O) groups excluding carboxylic acids is 2. The molecule has 0 saturated carbocycles. The third kappa shape index (κ3) is 6.85. The Kier molecular flexibility index (Phi) is 8.35. The first-order chi connectivity index (χ1) is 14.4. The number of nitrogens with one attached hydrogen (secondary N) is 2. The van der Waals surface area contributed by atoms with Gasteiger partial charge in [-0.2, -0.15) is 0 Å². The number of hydrogen-bond donors (Lipinski definition) is 3. The van der Waals surface area contributed by atoms with E-state index in [0.717, 1.165) is 41.1 Å². The molecule has 1 aliphatic heterocycles. The van der Waals surface area contributed by atoms with Crippen LogP contribution in [0.25, 0.3) is 0 Å². The number of nitrogens with two attached hydrogens (primary N) is 1. The summed E-state index contributed by atoms with van der Waals surface area (Å²) in [7, 11) is 0. The van der Waals surface area contributed by atoms with Crippen LogP contribution < -0.4 is 16.4 Å². The number of piperidine rings is 1. The topological polar surface area (TPSA) is 87.5 Å². The molecule has 0 spiro atoms. The van der Waals surface area contributed by atoms with Crippen molar-refractivity contribution >= 4 is 51.7 Å². The first-order valence-electron chi connectivity index (χ1n) is 9.97. The van der Waals surface area contributed by atoms with E-state index in [1.807, 2.05) is 18.2 Å². The van der Waals surface area contributed by atoms with Gasteiger partial charge in [-0.25, -0.2) is 0 Å². The Bertz CT molecular complexity index is 883. The number of benzene rings is 2. The van der Waals surface area contributed by atoms with Crippen LogP contribution >= 0.6 is 34.2 Å². The van der Waals surface area contributed by atoms with E-state index in [-0.39, 0.29) is 18.4 Å². The fourth-order valence-corrected chi connectivity index (χ4v) is 4.12. The summed E-state index contributed by atoms with van der Waals surface area (Å²) in [6, 6.07) is 13.2. The average Bonchev–Trinajstić information content (AvgIpc) is 2.75. The molecule has 30 heavy (non-hydrogen) atoms. The molecular formula is C22H26ClIN4O2. The Morgan fingerprint density at radius 3 is 2.50 bits per heavy atom. The van der Waals surface area contributed by atoms with Crippen molar-refractivity contribution in [2.45, 2.75) is 19.4 Å². The largest absolute Gasteiger partial charge is 0.398 e. The lowest BCUT2D eigenvalue weighted by atomic mass is 9.96. The molecule has 8 heteroatoms. The Balaban J connectivity index is 1.35. The second kappa shape index (κ2) is 11.0. The van der Waals surface area contributed by atoms with Crippen molar-refractivity contribution in [2.75, 3.05) is 31.9 Å². The highest BCUT2D eigenvalue weighted by Crippen LogP contribution is 2.19. The summed E-state index contributed by atoms with van der Waals surface area (Å²) >= 11 is 8.06. The highest BCUT2D eigenvalue weighted by molar-refractivity contribution is 14.1. The van der Waals surface area contributed by atoms with Gasteiger partial charge < -0.3 is 16.4 Å². The van der Waals surface area contributed by atoms with Gasteiger partial charge in [0.2, 0.25) is 5.91 Å². The van der Waals surface area contributed by atoms with Crippen molar-refractivity contribution in [2.24, 2.45) is 5.92 Å². The smallest absolute Gasteiger partial charge is 0.253 e. The summed E-state index contributed by atoms with van der Waals surface area (Å²) in [5, 5.41) is 6.33. The number of amides is 2. The summed E-state index contributed by atoms with van der Waals surface area (Å²) in [6.45, 7) is 3.51. The molecular weight excluding hydrogens is 515 g/mol. The number of hydrogen-bond acceptors (Lipinski definition) is 4. The highest BCUT2D eigenvalue weighted by Gasteiger charge is 2.20. The first-order valence-corrected chi connectivity index (χ1v) is 11.4. The van der Waals surface area contributed by atoms with Gasteiger partial charge in [0.15, 0.2) is 0 Å². The highest BCUT2D eigenvalue weighted by atomic mass is 127. The maximum atomic E-state index is 12.2. The molecule has 0 bridgehead atoms. The van der Waals surface area contributed by atoms with Crippen LogP contribution in [0.1, 0.15) is 28.8 Å². The molecule has 0 radical (unpaired) electrons. The van der Waals surface area contributed by atoms with Gasteiger partial charge in [-0.1, -0.05) is 23.7 Å². The van der Waals surface area contributed by atoms with Crippen LogP contribution in [-0.2, 0) is 11.3 Å². The fraction of sp³-hybridized carbons (Fsp3) is 0.364. The zero-order valence-electron chi connectivity index (χ0n) is 16.7. The Morgan fingerprint density at radius 2 is 1.80 bits per heavy atom. The molecule has 0 unspecified atom stereocenters. The molecule has 1 fully saturated rings. The Morgan fingerprint density at radius 1 is 1.10 bits per heavy atom. The molecule has 0 atom stereocenters. The molecule has 2 aromatic rings. The molecule has 6 nitrogen and oxygen atoms in total. The zero-order chi connectivity index (χ0) is 21.5. The number of rotatable bonds is 7. The average molecular weight is 541 g/mol. The number of carbonyl (C=O) groups is 2. The quantitative estimate of drug-likeness (QED) is 0.372. The summed E-state index contributed by atoms with van der Waals surface area (Å²) in [4.78, 5) is 26.8. The normalized spacial score (nSPS) is 15.0. The summed E-state index contributed by atoms with van der Waals surface area (Å²) in [5.74, 6) is -0.0646. The van der Waals surface area contributed by atoms with Crippen molar-refractivity contribution < 1.29 is 9.59 Å². The molecule has 0 aliphatic carbocycles. The lowest BCUT2D eigenvalue weighted by Gasteiger charge is -2.32. The Labute approximate surface area is 195 Å². The van der Waals surface area contributed by atoms with E-state index in [0.29, 0.717) is 23.7 Å². The van der Waals surface area contributed by atoms with E-state index in [4.69, 9.17) is 17.3 Å². The second-order valence-electron chi connectivity index (χ2n) is 7.56. The summed E-state index contributed by atoms with van der Waals surface area (Å²) in [5.41, 5.74) is 7.90. The van der Waals surface area contributed by atoms with Crippen LogP contribution in [0, 0.1) is 9.49 Å². The standard InChI is InChI=1S/C22H26ClIN4O2/c23-17-3-1-16(2-4-17)14-28-9-7-15(8-10-28)12-26-21(29)13-27-22(30)19-11-18(24)5-6-20(19)25/h1-6,11,15H,7-10,12-14,25H2,(H,26,29)(H,27,30). The minimum Gasteiger partial charge on any atom is -0.398 e. The van der Waals surface area contributed by atoms with E-state index in [1.165, 1.54) is 5.56 Å². The van der Waals surface area contributed by atoms with Crippen molar-refractivity contribution in [1.29, 1.82) is 0 Å². The van der Waals surface area contributed by atoms with Crippen LogP contribution in [0.3, 0.4) is 0 Å². The van der Waals surface area contributed by atoms with Gasteiger partial charge >= 0.3 is 0 Å². The number of halogens is 2. The van der Waals surface area contributed by atoms with E-state index >= 15 is 0 Å². The van der Waals surface area contributed by atoms with Gasteiger partial charge in [-0.3, -0.25) is 14.5 Å². The molecule has 1 aliphatic rings. The van der Waals surface area contributed by atoms with Gasteiger partial charge in [0.05, 0.1) is 12.1 Å². The van der Waals surface area contributed by atoms with Crippen LogP contribution in [0.5, 0.6) is 0 Å². The van der Waals surface area contributed by atoms with Gasteiger partial charge in [-0.15, -0.1) is 0 Å². The Hall–Kier alpha value is -1.84. The van der Waals surface area contributed by atoms with Crippen molar-refractivity contribution in [3.8, 4) is 0 Å². The maximum absolute atomic E-state index is 12.2. The van der Waals surface area contributed by atoms with Gasteiger partial charge in [0, 0.05) is 27.4 Å². The van der Waals surface area contributed by atoms with Crippen LogP contribution in [0.2, 0.25) is 5.02 Å². The van der Waals surface area contributed by atoms with Crippen molar-refractivity contribution in [3.63, 3.8) is 0 Å². The number of anilines is 1. The predicted octanol–water partition coefficient (Wildman–Crippen LogP) is 3.29. The lowest BCUT2D eigenvalue weighted by molar-refractivity contribution is -0.120. The van der Waals surface area contributed by atoms with Gasteiger partial charge in [0.1, 0.15) is 0 Å². The monoisotopic (exact) mass is 540 g/mol. The molecule has 1 heterocycles. The summed E-state index contributed by atoms with van der Waals surface area (Å²) in [6.07, 6.45) is 2.08. The van der Waals surface area contributed by atoms with E-state index in [2.05, 4.69) is 50.3 Å². The molecule has 3 rings (SSSR count). The molecule has 4 N–H and O–H groups in total. The molecule has 160 valence electrons. The first kappa shape index (κ1) is 22.8. The third-order valence-corrected chi connectivity index (χ3v) is 6.21.